The fraction of sp³-hybridized carbons (Fsp3) is 0.678. The highest BCUT2D eigenvalue weighted by Gasteiger charge is 2.53. The van der Waals surface area contributed by atoms with Gasteiger partial charge in [0.25, 0.3) is 11.5 Å². The Labute approximate surface area is 759 Å². The number of ether oxygens (including phenoxy) is 5. The van der Waals surface area contributed by atoms with Crippen LogP contribution in [0, 0.1) is 11.8 Å². The van der Waals surface area contributed by atoms with Crippen molar-refractivity contribution in [2.45, 2.75) is 341 Å². The van der Waals surface area contributed by atoms with Crippen LogP contribution < -0.4 is 36.9 Å². The molecule has 1 saturated carbocycles. The summed E-state index contributed by atoms with van der Waals surface area (Å²) in [6, 6.07) is 12.2. The van der Waals surface area contributed by atoms with E-state index in [0.29, 0.717) is 54.8 Å². The Bertz CT molecular complexity index is 4320. The standard InChI is InChI=1S/C90H137N12O24P3/c1-7-9-11-13-15-17-19-21-23-25-27-29-31-33-35-44-76(105)117-60-71(123-77(106)45-36-34-32-30-28-26-24-22-20-18-16-14-12-10-8-2)61-121-129(115,116)120-55-54-92-73(103)42-39-43-74(104)97-78(64(3)4)85(110)95-65(5)83(108)96-69-49-46-66(47-50-69)58-118-90(112)101(6)57-68-40-37-38-41-72(68)84(109)99-89-98-82-79(86(111)100-89)94-63-102(82)87-81(80(107)88(124-87)125-127-113)126-128(114)119-59-67-48-51-70(56-67)122-75-52-53-91-62-93-75/h37-38,40-41,46-47,49-50,52-53,62-65,67,70-71,78,80-81,87-88,107H,7-36,39,42-45,48,51,54-61H2,1-6H3,(H6-,92,95,96,97,98,99,100,103,104,108,109,110,111,115,116)/p+1/t65-,67+,70?,71+,78-,80-,81+,87+,88+/m0/s1. The molecule has 1 saturated heterocycles. The van der Waals surface area contributed by atoms with Crippen LogP contribution in [0.2, 0.25) is 0 Å². The zero-order valence-corrected chi connectivity index (χ0v) is 78.6. The molecule has 39 heteroatoms. The van der Waals surface area contributed by atoms with E-state index in [1.54, 1.807) is 68.6 Å². The summed E-state index contributed by atoms with van der Waals surface area (Å²) < 4.78 is 94.3. The summed E-state index contributed by atoms with van der Waals surface area (Å²) in [5.74, 6) is -4.41. The number of carbonyl (C=O) groups is 8. The summed E-state index contributed by atoms with van der Waals surface area (Å²) in [7, 11) is -7.10. The summed E-state index contributed by atoms with van der Waals surface area (Å²) in [5.41, 5.74) is 0.126. The number of nitrogens with zero attached hydrogens (tertiary/aromatic N) is 6. The second-order valence-corrected chi connectivity index (χ2v) is 36.3. The van der Waals surface area contributed by atoms with Crippen LogP contribution in [-0.4, -0.2) is 175 Å². The molecule has 716 valence electrons. The molecule has 129 heavy (non-hydrogen) atoms. The number of esters is 2. The van der Waals surface area contributed by atoms with Crippen LogP contribution in [0.3, 0.4) is 0 Å². The number of aromatic amines is 1. The fourth-order valence-corrected chi connectivity index (χ4v) is 16.9. The number of phosphoric acid groups is 1. The maximum atomic E-state index is 14.0. The van der Waals surface area contributed by atoms with E-state index in [1.807, 2.05) is 0 Å². The molecule has 2 fully saturated rings. The Morgan fingerprint density at radius 3 is 1.91 bits per heavy atom. The molecule has 0 radical (unpaired) electrons. The summed E-state index contributed by atoms with van der Waals surface area (Å²) in [4.78, 5) is 151. The third kappa shape index (κ3) is 41.8. The Balaban J connectivity index is 0.775. The highest BCUT2D eigenvalue weighted by Crippen LogP contribution is 2.44. The predicted octanol–water partition coefficient (Wildman–Crippen LogP) is 16.7. The molecule has 2 aliphatic rings. The van der Waals surface area contributed by atoms with E-state index in [4.69, 9.17) is 46.3 Å². The van der Waals surface area contributed by atoms with Crippen molar-refractivity contribution in [2.75, 3.05) is 50.7 Å². The number of nitrogens with one attached hydrogen (secondary N) is 6. The van der Waals surface area contributed by atoms with E-state index in [2.05, 4.69) is 65.4 Å². The molecule has 4 heterocycles. The number of H-pyrrole nitrogens is 1. The predicted molar refractivity (Wildman–Crippen MR) is 483 cm³/mol. The number of hydrogen-bond acceptors (Lipinski definition) is 27. The molecule has 1 aliphatic heterocycles. The molecule has 3 unspecified atom stereocenters. The second kappa shape index (κ2) is 61.1. The molecule has 11 atom stereocenters. The van der Waals surface area contributed by atoms with Gasteiger partial charge < -0.3 is 59.9 Å². The average Bonchev–Trinajstić information content (AvgIpc) is 1.61. The first-order valence-corrected chi connectivity index (χ1v) is 49.6. The van der Waals surface area contributed by atoms with Crippen molar-refractivity contribution in [3.05, 3.63) is 100 Å². The summed E-state index contributed by atoms with van der Waals surface area (Å²) in [6.45, 7) is 7.42. The minimum Gasteiger partial charge on any atom is -0.474 e. The van der Waals surface area contributed by atoms with Crippen molar-refractivity contribution in [1.29, 1.82) is 0 Å². The Morgan fingerprint density at radius 1 is 0.698 bits per heavy atom. The fourth-order valence-electron chi connectivity index (χ4n) is 15.0. The van der Waals surface area contributed by atoms with Crippen molar-refractivity contribution in [1.82, 2.24) is 50.3 Å². The van der Waals surface area contributed by atoms with Gasteiger partial charge in [0.05, 0.1) is 19.5 Å². The molecule has 8 N–H and O–H groups in total. The SMILES string of the molecule is CCCCCCCCCCCCCCCCCC(=O)OC[C@H](COP(=O)(O)OCCNC(=O)CCCC(=O)N[C@H](C(=O)N[C@@H](C)C(=O)Nc1ccc(COC(=O)N(C)Cc2ccccc2C(=O)Nc2nc3c(ncn3[C@@H]3O[C@H](OP=O)[C@@H](O)[C@H]3O[P+](=O)OC[C@@H]3CCC(Oc4ccncn4)C3)c(=O)[nH]2)cc1)C(C)C)OC(=O)CCCCCCCCCCCCCCCCC. The lowest BCUT2D eigenvalue weighted by molar-refractivity contribution is -0.161. The minimum absolute atomic E-state index is 0.0215. The zero-order valence-electron chi connectivity index (χ0n) is 75.9. The Kier molecular flexibility index (Phi) is 50.9. The number of imidazole rings is 1. The third-order valence-corrected chi connectivity index (χ3v) is 24.5. The molecule has 0 bridgehead atoms. The first-order valence-electron chi connectivity index (χ1n) is 46.3. The van der Waals surface area contributed by atoms with Crippen LogP contribution in [0.15, 0.2) is 78.2 Å². The molecule has 2 aromatic carbocycles. The highest BCUT2D eigenvalue weighted by atomic mass is 31.2. The number of anilines is 2. The quantitative estimate of drug-likeness (QED) is 0.00775. The Hall–Kier alpha value is -8.66. The molecular weight excluding hydrogens is 1730 g/mol. The van der Waals surface area contributed by atoms with Gasteiger partial charge in [-0.2, -0.15) is 4.98 Å². The van der Waals surface area contributed by atoms with E-state index in [9.17, 15) is 66.8 Å². The van der Waals surface area contributed by atoms with Crippen LogP contribution in [0.1, 0.15) is 306 Å². The lowest BCUT2D eigenvalue weighted by atomic mass is 10.0. The van der Waals surface area contributed by atoms with Gasteiger partial charge in [-0.1, -0.05) is 238 Å². The first kappa shape index (κ1) is 107. The molecule has 6 amide bonds. The summed E-state index contributed by atoms with van der Waals surface area (Å²) in [6.07, 6.45) is 33.3. The molecule has 0 spiro atoms. The monoisotopic (exact) mass is 1860 g/mol. The number of hydrogen-bond donors (Lipinski definition) is 8. The van der Waals surface area contributed by atoms with Gasteiger partial charge in [-0.05, 0) is 86.6 Å². The van der Waals surface area contributed by atoms with Gasteiger partial charge in [0.15, 0.2) is 29.6 Å². The van der Waals surface area contributed by atoms with Gasteiger partial charge in [-0.3, -0.25) is 66.8 Å². The topological polar surface area (TPSA) is 473 Å². The largest absolute Gasteiger partial charge is 0.697 e. The van der Waals surface area contributed by atoms with E-state index in [0.717, 1.165) is 51.3 Å². The van der Waals surface area contributed by atoms with Crippen LogP contribution in [-0.2, 0) is 97.2 Å². The number of fused-ring (bicyclic) bond motifs is 1. The maximum absolute atomic E-state index is 14.0. The number of benzene rings is 2. The van der Waals surface area contributed by atoms with Gasteiger partial charge in [-0.15, -0.1) is 9.05 Å². The molecule has 5 aromatic rings. The van der Waals surface area contributed by atoms with E-state index >= 15 is 0 Å². The molecule has 7 rings (SSSR count). The van der Waals surface area contributed by atoms with E-state index in [1.165, 1.54) is 171 Å². The number of unbranched alkanes of at least 4 members (excludes halogenated alkanes) is 28. The van der Waals surface area contributed by atoms with Crippen molar-refractivity contribution >= 4 is 95.1 Å². The molecular formula is C90H138N12O24P3+. The zero-order chi connectivity index (χ0) is 93.0. The average molecular weight is 1870 g/mol. The number of aromatic nitrogens is 6. The van der Waals surface area contributed by atoms with Crippen LogP contribution in [0.4, 0.5) is 16.4 Å². The molecule has 1 aliphatic carbocycles. The first-order chi connectivity index (χ1) is 62.3. The number of rotatable bonds is 68. The van der Waals surface area contributed by atoms with E-state index < -0.39 is 140 Å². The van der Waals surface area contributed by atoms with Crippen molar-refractivity contribution in [2.24, 2.45) is 11.8 Å². The van der Waals surface area contributed by atoms with Gasteiger partial charge in [0.1, 0.15) is 50.4 Å². The van der Waals surface area contributed by atoms with Crippen molar-refractivity contribution in [3.8, 4) is 5.88 Å². The van der Waals surface area contributed by atoms with Crippen molar-refractivity contribution < 1.29 is 108 Å². The normalized spacial score (nSPS) is 17.4. The van der Waals surface area contributed by atoms with Crippen molar-refractivity contribution in [3.63, 3.8) is 0 Å². The number of phosphoric ester groups is 1. The van der Waals surface area contributed by atoms with Crippen LogP contribution >= 0.6 is 24.8 Å². The lowest BCUT2D eigenvalue weighted by Crippen LogP contribution is -2.53. The van der Waals surface area contributed by atoms with Gasteiger partial charge in [0.2, 0.25) is 41.7 Å². The van der Waals surface area contributed by atoms with Gasteiger partial charge in [-0.25, -0.2) is 28.9 Å². The summed E-state index contributed by atoms with van der Waals surface area (Å²) >= 11 is 0. The smallest absolute Gasteiger partial charge is 0.474 e. The minimum atomic E-state index is -4.77. The summed E-state index contributed by atoms with van der Waals surface area (Å²) in [5, 5.41) is 24.4. The molecule has 3 aromatic heterocycles. The van der Waals surface area contributed by atoms with Gasteiger partial charge >= 0.3 is 42.8 Å². The van der Waals surface area contributed by atoms with Crippen LogP contribution in [0.5, 0.6) is 5.88 Å². The number of aliphatic hydroxyl groups excluding tert-OH is 1. The lowest BCUT2D eigenvalue weighted by Gasteiger charge is -2.24. The second-order valence-electron chi connectivity index (χ2n) is 33.6. The maximum Gasteiger partial charge on any atom is 0.697 e. The third-order valence-electron chi connectivity index (χ3n) is 22.4. The Morgan fingerprint density at radius 2 is 1.30 bits per heavy atom. The number of carbonyl (C=O) groups excluding carboxylic acids is 8. The number of amides is 6. The number of aliphatic hydroxyl groups is 1. The highest BCUT2D eigenvalue weighted by molar-refractivity contribution is 7.47. The molecule has 36 nitrogen and oxygen atoms in total. The van der Waals surface area contributed by atoms with E-state index in [-0.39, 0.29) is 99.7 Å². The van der Waals surface area contributed by atoms with Gasteiger partial charge in [0, 0.05) is 73.9 Å². The van der Waals surface area contributed by atoms with Crippen LogP contribution in [0.25, 0.3) is 11.2 Å².